The summed E-state index contributed by atoms with van der Waals surface area (Å²) in [4.78, 5) is 8.03. The molecule has 342 valence electrons. The first-order valence-corrected chi connectivity index (χ1v) is 26.1. The van der Waals surface area contributed by atoms with E-state index in [-0.39, 0.29) is 33.9 Å². The maximum atomic E-state index is 2.78. The first-order chi connectivity index (χ1) is 32.2. The highest BCUT2D eigenvalue weighted by atomic mass is 32.1. The van der Waals surface area contributed by atoms with Crippen molar-refractivity contribution in [1.29, 1.82) is 0 Å². The molecule has 3 aliphatic heterocycles. The lowest BCUT2D eigenvalue weighted by Crippen LogP contribution is -2.61. The van der Waals surface area contributed by atoms with Gasteiger partial charge in [0.1, 0.15) is 0 Å². The lowest BCUT2D eigenvalue weighted by atomic mass is 9.33. The van der Waals surface area contributed by atoms with E-state index in [2.05, 4.69) is 231 Å². The fourth-order valence-electron chi connectivity index (χ4n) is 12.8. The minimum atomic E-state index is -0.0711. The molecule has 0 radical (unpaired) electrons. The van der Waals surface area contributed by atoms with Crippen LogP contribution in [-0.4, -0.2) is 12.3 Å². The number of benzene rings is 7. The number of nitrogens with zero attached hydrogens (tertiary/aromatic N) is 3. The lowest BCUT2D eigenvalue weighted by Gasteiger charge is -2.50. The zero-order valence-electron chi connectivity index (χ0n) is 42.4. The summed E-state index contributed by atoms with van der Waals surface area (Å²) in [5, 5.41) is 2.66. The van der Waals surface area contributed by atoms with Gasteiger partial charge in [-0.3, -0.25) is 0 Å². The van der Waals surface area contributed by atoms with Gasteiger partial charge >= 0.3 is 0 Å². The fraction of sp³-hybridized carbons (Fsp3) is 0.333. The van der Waals surface area contributed by atoms with Crippen LogP contribution in [0.15, 0.2) is 133 Å². The highest BCUT2D eigenvalue weighted by Gasteiger charge is 2.58. The second-order valence-electron chi connectivity index (χ2n) is 24.3. The molecule has 4 aliphatic rings. The van der Waals surface area contributed by atoms with Crippen LogP contribution in [0.2, 0.25) is 0 Å². The predicted molar refractivity (Wildman–Crippen MR) is 297 cm³/mol. The quantitative estimate of drug-likeness (QED) is 0.164. The van der Waals surface area contributed by atoms with Gasteiger partial charge < -0.3 is 14.7 Å². The molecule has 2 atom stereocenters. The number of aryl methyl sites for hydroxylation is 1. The molecule has 1 saturated carbocycles. The van der Waals surface area contributed by atoms with Crippen LogP contribution in [0.25, 0.3) is 20.2 Å². The summed E-state index contributed by atoms with van der Waals surface area (Å²) in [6.07, 6.45) is 4.88. The van der Waals surface area contributed by atoms with E-state index in [1.54, 1.807) is 0 Å². The molecular formula is C63H66BN3S. The SMILES string of the molecule is Cc1cc2c3c(c1)N(c1cccc(C(C)(C)C)c1)c1cc(C(C)(C)C)ccc1B3c1ccc(N3c4ccc(C(C)(C)C)cc4C4(C)CCCCC34C)cc1N2c1ccc2c(c1)sc1ccccc12. The summed E-state index contributed by atoms with van der Waals surface area (Å²) in [5.74, 6) is 0. The van der Waals surface area contributed by atoms with Gasteiger partial charge in [-0.1, -0.05) is 149 Å². The van der Waals surface area contributed by atoms with E-state index in [0.29, 0.717) is 0 Å². The summed E-state index contributed by atoms with van der Waals surface area (Å²) < 4.78 is 2.65. The van der Waals surface area contributed by atoms with Crippen LogP contribution in [0.4, 0.5) is 45.5 Å². The summed E-state index contributed by atoms with van der Waals surface area (Å²) in [6.45, 7) is 28.6. The molecule has 12 rings (SSSR count). The minimum Gasteiger partial charge on any atom is -0.334 e. The third kappa shape index (κ3) is 6.29. The third-order valence-electron chi connectivity index (χ3n) is 16.9. The van der Waals surface area contributed by atoms with Crippen molar-refractivity contribution in [3.05, 3.63) is 161 Å². The minimum absolute atomic E-state index is 0.00596. The van der Waals surface area contributed by atoms with Crippen molar-refractivity contribution in [2.24, 2.45) is 0 Å². The molecule has 0 spiro atoms. The van der Waals surface area contributed by atoms with E-state index >= 15 is 0 Å². The van der Waals surface area contributed by atoms with Gasteiger partial charge in [-0.25, -0.2) is 0 Å². The van der Waals surface area contributed by atoms with Crippen molar-refractivity contribution in [3.63, 3.8) is 0 Å². The molecular weight excluding hydrogens is 842 g/mol. The summed E-state index contributed by atoms with van der Waals surface area (Å²) >= 11 is 1.91. The largest absolute Gasteiger partial charge is 0.334 e. The predicted octanol–water partition coefficient (Wildman–Crippen LogP) is 16.1. The van der Waals surface area contributed by atoms with Gasteiger partial charge in [-0.05, 0) is 154 Å². The molecule has 0 N–H and O–H groups in total. The molecule has 2 unspecified atom stereocenters. The van der Waals surface area contributed by atoms with Crippen LogP contribution in [0, 0.1) is 6.92 Å². The van der Waals surface area contributed by atoms with Gasteiger partial charge in [0.2, 0.25) is 0 Å². The first kappa shape index (κ1) is 43.5. The Morgan fingerprint density at radius 3 is 1.79 bits per heavy atom. The standard InChI is InChI=1S/C63H66BN3S/c1-39-32-54-58-55(33-39)66(44-24-26-47-46-20-13-14-21-56(46)68-57(47)38-44)53-37-45(67-51-29-23-41(60(5,6)7)35-48(51)62(11)30-15-16-31-63(62,67)12)25-28-50(53)64(58)49-27-22-42(61(8,9)10)36-52(49)65(54)43-19-17-18-40(34-43)59(2,3)4/h13-14,17-29,32-38H,15-16,30-31H2,1-12H3. The molecule has 1 fully saturated rings. The maximum Gasteiger partial charge on any atom is 0.252 e. The molecule has 7 aromatic carbocycles. The maximum absolute atomic E-state index is 2.78. The average molecular weight is 908 g/mol. The smallest absolute Gasteiger partial charge is 0.252 e. The van der Waals surface area contributed by atoms with Crippen LogP contribution in [0.3, 0.4) is 0 Å². The number of hydrogen-bond acceptors (Lipinski definition) is 4. The van der Waals surface area contributed by atoms with E-state index < -0.39 is 0 Å². The van der Waals surface area contributed by atoms with Gasteiger partial charge in [-0.2, -0.15) is 0 Å². The Morgan fingerprint density at radius 1 is 0.485 bits per heavy atom. The molecule has 0 amide bonds. The van der Waals surface area contributed by atoms with Crippen LogP contribution in [0.5, 0.6) is 0 Å². The molecule has 0 saturated heterocycles. The Morgan fingerprint density at radius 2 is 1.07 bits per heavy atom. The number of fused-ring (bicyclic) bond motifs is 10. The normalized spacial score (nSPS) is 19.8. The zero-order chi connectivity index (χ0) is 47.4. The van der Waals surface area contributed by atoms with Gasteiger partial charge in [0.05, 0.1) is 5.54 Å². The highest BCUT2D eigenvalue weighted by Crippen LogP contribution is 2.62. The van der Waals surface area contributed by atoms with Gasteiger partial charge in [0.15, 0.2) is 0 Å². The fourth-order valence-corrected chi connectivity index (χ4v) is 14.0. The number of thiophene rings is 1. The van der Waals surface area contributed by atoms with Gasteiger partial charge in [-0.15, -0.1) is 11.3 Å². The number of anilines is 8. The van der Waals surface area contributed by atoms with Crippen LogP contribution < -0.4 is 31.1 Å². The molecule has 1 aliphatic carbocycles. The lowest BCUT2D eigenvalue weighted by molar-refractivity contribution is 0.195. The van der Waals surface area contributed by atoms with Crippen molar-refractivity contribution in [1.82, 2.24) is 0 Å². The van der Waals surface area contributed by atoms with Crippen molar-refractivity contribution in [2.75, 3.05) is 14.7 Å². The Kier molecular flexibility index (Phi) is 9.36. The number of rotatable bonds is 3. The van der Waals surface area contributed by atoms with Crippen molar-refractivity contribution >= 4 is 100 Å². The van der Waals surface area contributed by atoms with Gasteiger partial charge in [0.25, 0.3) is 6.71 Å². The van der Waals surface area contributed by atoms with Crippen LogP contribution in [0.1, 0.15) is 130 Å². The third-order valence-corrected chi connectivity index (χ3v) is 18.0. The summed E-state index contributed by atoms with van der Waals surface area (Å²) in [7, 11) is 0. The van der Waals surface area contributed by atoms with Crippen molar-refractivity contribution in [2.45, 2.75) is 136 Å². The Bertz CT molecular complexity index is 3390. The van der Waals surface area contributed by atoms with Crippen molar-refractivity contribution < 1.29 is 0 Å². The van der Waals surface area contributed by atoms with Gasteiger partial charge in [0, 0.05) is 71.1 Å². The molecule has 1 aromatic heterocycles. The molecule has 8 aromatic rings. The van der Waals surface area contributed by atoms with E-state index in [1.165, 1.54) is 129 Å². The Labute approximate surface area is 409 Å². The monoisotopic (exact) mass is 908 g/mol. The molecule has 4 heterocycles. The highest BCUT2D eigenvalue weighted by molar-refractivity contribution is 7.25. The average Bonchev–Trinajstić information content (AvgIpc) is 3.76. The topological polar surface area (TPSA) is 9.72 Å². The molecule has 3 nitrogen and oxygen atoms in total. The van der Waals surface area contributed by atoms with E-state index in [0.717, 1.165) is 6.42 Å². The second-order valence-corrected chi connectivity index (χ2v) is 25.4. The summed E-state index contributed by atoms with van der Waals surface area (Å²) in [6, 6.07) is 52.9. The summed E-state index contributed by atoms with van der Waals surface area (Å²) in [5.41, 5.74) is 21.2. The number of hydrogen-bond donors (Lipinski definition) is 0. The van der Waals surface area contributed by atoms with Crippen molar-refractivity contribution in [3.8, 4) is 0 Å². The molecule has 68 heavy (non-hydrogen) atoms. The molecule has 5 heteroatoms. The Balaban J connectivity index is 1.14. The zero-order valence-corrected chi connectivity index (χ0v) is 43.2. The second kappa shape index (κ2) is 14.6. The Hall–Kier alpha value is -5.78. The first-order valence-electron chi connectivity index (χ1n) is 25.2. The van der Waals surface area contributed by atoms with Crippen LogP contribution >= 0.6 is 11.3 Å². The molecule has 0 bridgehead atoms. The van der Waals surface area contributed by atoms with Crippen LogP contribution in [-0.2, 0) is 21.7 Å². The van der Waals surface area contributed by atoms with E-state index in [1.807, 2.05) is 11.3 Å². The van der Waals surface area contributed by atoms with E-state index in [9.17, 15) is 0 Å². The van der Waals surface area contributed by atoms with E-state index in [4.69, 9.17) is 0 Å².